The first-order valence-corrected chi connectivity index (χ1v) is 11.9. The molecule has 1 aromatic heterocycles. The van der Waals surface area contributed by atoms with Crippen molar-refractivity contribution in [2.24, 2.45) is 0 Å². The minimum atomic E-state index is -0.285. The zero-order chi connectivity index (χ0) is 25.1. The average molecular weight is 484 g/mol. The van der Waals surface area contributed by atoms with E-state index in [2.05, 4.69) is 26.5 Å². The number of piperidine rings is 1. The van der Waals surface area contributed by atoms with Crippen molar-refractivity contribution in [1.29, 1.82) is 5.26 Å². The number of likely N-dealkylation sites (tertiary alicyclic amines) is 1. The van der Waals surface area contributed by atoms with Gasteiger partial charge in [0.05, 0.1) is 30.0 Å². The molecule has 7 nitrogen and oxygen atoms in total. The van der Waals surface area contributed by atoms with Crippen LogP contribution in [0.3, 0.4) is 0 Å². The molecule has 1 amide bonds. The highest BCUT2D eigenvalue weighted by molar-refractivity contribution is 6.01. The zero-order valence-electron chi connectivity index (χ0n) is 19.9. The second-order valence-corrected chi connectivity index (χ2v) is 8.99. The Morgan fingerprint density at radius 2 is 2.08 bits per heavy atom. The molecule has 8 heteroatoms. The average Bonchev–Trinajstić information content (AvgIpc) is 3.33. The predicted molar refractivity (Wildman–Crippen MR) is 135 cm³/mol. The summed E-state index contributed by atoms with van der Waals surface area (Å²) in [6, 6.07) is 19.6. The minimum absolute atomic E-state index is 0.0398. The van der Waals surface area contributed by atoms with Crippen LogP contribution in [0.2, 0.25) is 0 Å². The summed E-state index contributed by atoms with van der Waals surface area (Å²) in [6.45, 7) is 1.89. The molecule has 2 N–H and O–H groups in total. The summed E-state index contributed by atoms with van der Waals surface area (Å²) in [5.41, 5.74) is 4.08. The van der Waals surface area contributed by atoms with E-state index in [1.807, 2.05) is 24.3 Å². The van der Waals surface area contributed by atoms with Crippen LogP contribution in [0.5, 0.6) is 5.75 Å². The third kappa shape index (κ3) is 4.79. The minimum Gasteiger partial charge on any atom is -0.496 e. The fourth-order valence-electron chi connectivity index (χ4n) is 4.77. The molecular formula is C28H26FN5O2. The molecule has 0 spiro atoms. The summed E-state index contributed by atoms with van der Waals surface area (Å²) in [5.74, 6) is 0.0961. The molecule has 1 fully saturated rings. The number of H-pyrrole nitrogens is 1. The third-order valence-corrected chi connectivity index (χ3v) is 6.63. The van der Waals surface area contributed by atoms with E-state index in [9.17, 15) is 9.18 Å². The number of carbonyl (C=O) groups is 1. The van der Waals surface area contributed by atoms with Crippen molar-refractivity contribution in [2.45, 2.75) is 25.4 Å². The number of aromatic amines is 1. The summed E-state index contributed by atoms with van der Waals surface area (Å²) in [4.78, 5) is 15.3. The molecule has 1 aliphatic rings. The van der Waals surface area contributed by atoms with Gasteiger partial charge < -0.3 is 10.1 Å². The van der Waals surface area contributed by atoms with E-state index in [0.717, 1.165) is 41.5 Å². The van der Waals surface area contributed by atoms with Crippen molar-refractivity contribution in [3.8, 4) is 23.1 Å². The molecule has 0 radical (unpaired) electrons. The molecule has 1 saturated heterocycles. The first-order valence-electron chi connectivity index (χ1n) is 11.9. The van der Waals surface area contributed by atoms with E-state index in [-0.39, 0.29) is 17.8 Å². The number of aromatic nitrogens is 2. The van der Waals surface area contributed by atoms with Gasteiger partial charge in [0, 0.05) is 41.2 Å². The Kier molecular flexibility index (Phi) is 6.65. The summed E-state index contributed by atoms with van der Waals surface area (Å²) < 4.78 is 19.8. The first kappa shape index (κ1) is 23.5. The van der Waals surface area contributed by atoms with Gasteiger partial charge in [-0.05, 0) is 61.9 Å². The molecule has 182 valence electrons. The van der Waals surface area contributed by atoms with Gasteiger partial charge in [0.25, 0.3) is 5.91 Å². The SMILES string of the molecule is COc1cccc(F)c1CN1CCC[C@@H](NC(=O)c2ccc3[nH]nc(-c4ccc(C#N)cc4)c3c2)C1. The van der Waals surface area contributed by atoms with Crippen LogP contribution in [0.1, 0.15) is 34.3 Å². The number of methoxy groups -OCH3 is 1. The second kappa shape index (κ2) is 10.2. The molecule has 2 heterocycles. The van der Waals surface area contributed by atoms with E-state index in [0.29, 0.717) is 35.5 Å². The van der Waals surface area contributed by atoms with Crippen molar-refractivity contribution in [2.75, 3.05) is 20.2 Å². The Morgan fingerprint density at radius 3 is 2.86 bits per heavy atom. The van der Waals surface area contributed by atoms with E-state index < -0.39 is 0 Å². The highest BCUT2D eigenvalue weighted by Crippen LogP contribution is 2.28. The number of ether oxygens (including phenoxy) is 1. The lowest BCUT2D eigenvalue weighted by atomic mass is 10.0. The number of benzene rings is 3. The van der Waals surface area contributed by atoms with Crippen LogP contribution in [-0.4, -0.2) is 47.2 Å². The van der Waals surface area contributed by atoms with Gasteiger partial charge in [-0.25, -0.2) is 4.39 Å². The standard InChI is InChI=1S/C28H26FN5O2/c1-36-26-6-2-5-24(29)23(26)17-34-13-3-4-21(16-34)31-28(35)20-11-12-25-22(14-20)27(33-32-25)19-9-7-18(15-30)8-10-19/h2,5-12,14,21H,3-4,13,16-17H2,1H3,(H,31,35)(H,32,33)/t21-/m1/s1. The number of carbonyl (C=O) groups excluding carboxylic acids is 1. The molecule has 1 aliphatic heterocycles. The van der Waals surface area contributed by atoms with Gasteiger partial charge in [-0.1, -0.05) is 18.2 Å². The number of rotatable bonds is 6. The van der Waals surface area contributed by atoms with Crippen LogP contribution < -0.4 is 10.1 Å². The summed E-state index contributed by atoms with van der Waals surface area (Å²) >= 11 is 0. The zero-order valence-corrected chi connectivity index (χ0v) is 19.9. The number of nitrogens with zero attached hydrogens (tertiary/aromatic N) is 3. The number of nitrogens with one attached hydrogen (secondary N) is 2. The maximum atomic E-state index is 14.4. The third-order valence-electron chi connectivity index (χ3n) is 6.63. The number of amides is 1. The first-order chi connectivity index (χ1) is 17.6. The van der Waals surface area contributed by atoms with Gasteiger partial charge in [-0.15, -0.1) is 0 Å². The largest absolute Gasteiger partial charge is 0.496 e. The molecule has 36 heavy (non-hydrogen) atoms. The van der Waals surface area contributed by atoms with Gasteiger partial charge in [-0.3, -0.25) is 14.8 Å². The lowest BCUT2D eigenvalue weighted by molar-refractivity contribution is 0.0899. The smallest absolute Gasteiger partial charge is 0.251 e. The van der Waals surface area contributed by atoms with Crippen LogP contribution in [0.4, 0.5) is 4.39 Å². The van der Waals surface area contributed by atoms with Crippen molar-refractivity contribution < 1.29 is 13.9 Å². The number of hydrogen-bond acceptors (Lipinski definition) is 5. The molecule has 3 aromatic carbocycles. The summed E-state index contributed by atoms with van der Waals surface area (Å²) in [6.07, 6.45) is 1.77. The Labute approximate surface area is 208 Å². The van der Waals surface area contributed by atoms with Crippen molar-refractivity contribution in [3.05, 3.63) is 83.2 Å². The molecule has 1 atom stereocenters. The van der Waals surface area contributed by atoms with Gasteiger partial charge in [0.1, 0.15) is 11.6 Å². The lowest BCUT2D eigenvalue weighted by Gasteiger charge is -2.33. The summed E-state index contributed by atoms with van der Waals surface area (Å²) in [7, 11) is 1.54. The molecule has 0 saturated carbocycles. The number of nitriles is 1. The van der Waals surface area contributed by atoms with Crippen LogP contribution in [0.15, 0.2) is 60.7 Å². The van der Waals surface area contributed by atoms with E-state index in [1.165, 1.54) is 6.07 Å². The summed E-state index contributed by atoms with van der Waals surface area (Å²) in [5, 5.41) is 20.5. The molecule has 0 bridgehead atoms. The maximum absolute atomic E-state index is 14.4. The Balaban J connectivity index is 1.30. The van der Waals surface area contributed by atoms with Crippen LogP contribution in [-0.2, 0) is 6.54 Å². The quantitative estimate of drug-likeness (QED) is 0.417. The van der Waals surface area contributed by atoms with Gasteiger partial charge in [0.2, 0.25) is 0 Å². The van der Waals surface area contributed by atoms with Crippen LogP contribution in [0.25, 0.3) is 22.2 Å². The fourth-order valence-corrected chi connectivity index (χ4v) is 4.77. The number of hydrogen-bond donors (Lipinski definition) is 2. The van der Waals surface area contributed by atoms with Gasteiger partial charge >= 0.3 is 0 Å². The topological polar surface area (TPSA) is 94.0 Å². The second-order valence-electron chi connectivity index (χ2n) is 8.99. The van der Waals surface area contributed by atoms with E-state index in [1.54, 1.807) is 37.4 Å². The maximum Gasteiger partial charge on any atom is 0.251 e. The molecule has 0 aliphatic carbocycles. The monoisotopic (exact) mass is 483 g/mol. The fraction of sp³-hybridized carbons (Fsp3) is 0.250. The highest BCUT2D eigenvalue weighted by atomic mass is 19.1. The molecule has 4 aromatic rings. The van der Waals surface area contributed by atoms with E-state index in [4.69, 9.17) is 10.00 Å². The highest BCUT2D eigenvalue weighted by Gasteiger charge is 2.24. The van der Waals surface area contributed by atoms with Crippen molar-refractivity contribution in [3.63, 3.8) is 0 Å². The molecular weight excluding hydrogens is 457 g/mol. The van der Waals surface area contributed by atoms with Crippen molar-refractivity contribution >= 4 is 16.8 Å². The number of halogens is 1. The van der Waals surface area contributed by atoms with Gasteiger partial charge in [0.15, 0.2) is 0 Å². The van der Waals surface area contributed by atoms with Gasteiger partial charge in [-0.2, -0.15) is 10.4 Å². The number of fused-ring (bicyclic) bond motifs is 1. The molecule has 5 rings (SSSR count). The Hall–Kier alpha value is -4.22. The van der Waals surface area contributed by atoms with Crippen molar-refractivity contribution in [1.82, 2.24) is 20.4 Å². The lowest BCUT2D eigenvalue weighted by Crippen LogP contribution is -2.47. The Morgan fingerprint density at radius 1 is 1.25 bits per heavy atom. The van der Waals surface area contributed by atoms with Crippen LogP contribution in [0, 0.1) is 17.1 Å². The molecule has 0 unspecified atom stereocenters. The Bertz CT molecular complexity index is 1440. The predicted octanol–water partition coefficient (Wildman–Crippen LogP) is 4.64. The van der Waals surface area contributed by atoms with Crippen LogP contribution >= 0.6 is 0 Å². The normalized spacial score (nSPS) is 16.0. The van der Waals surface area contributed by atoms with E-state index >= 15 is 0 Å².